The number of carbonyl (C=O) groups excluding carboxylic acids is 2. The number of hydrogen-bond donors (Lipinski definition) is 0. The molecule has 0 saturated carbocycles. The fraction of sp³-hybridized carbons (Fsp3) is 0.750. The number of aryl methyl sites for hydroxylation is 1. The van der Waals surface area contributed by atoms with Crippen molar-refractivity contribution >= 4 is 11.8 Å². The van der Waals surface area contributed by atoms with Crippen LogP contribution in [0.3, 0.4) is 0 Å². The van der Waals surface area contributed by atoms with E-state index in [1.54, 1.807) is 11.8 Å². The number of amides is 2. The van der Waals surface area contributed by atoms with Crippen molar-refractivity contribution in [3.63, 3.8) is 0 Å². The Balaban J connectivity index is 1.66. The van der Waals surface area contributed by atoms with Gasteiger partial charge in [0, 0.05) is 32.5 Å². The highest BCUT2D eigenvalue weighted by atomic mass is 16.4. The molecule has 2 aliphatic rings. The highest BCUT2D eigenvalue weighted by molar-refractivity contribution is 5.85. The van der Waals surface area contributed by atoms with Crippen molar-refractivity contribution in [3.8, 4) is 0 Å². The Kier molecular flexibility index (Phi) is 4.63. The van der Waals surface area contributed by atoms with E-state index in [0.29, 0.717) is 24.7 Å². The number of rotatable bonds is 3. The van der Waals surface area contributed by atoms with E-state index < -0.39 is 0 Å². The standard InChI is InChI=1S/C16H24N4O3/c1-11-13(16-18-17-12(2)23-16)6-5-9-20(11)15(22)10-19-8-4-3-7-14(19)21/h11,13H,3-10H2,1-2H3/t11-,13-/m0/s1. The number of hydrogen-bond acceptors (Lipinski definition) is 5. The molecule has 1 aromatic rings. The van der Waals surface area contributed by atoms with E-state index in [1.807, 2.05) is 11.8 Å². The van der Waals surface area contributed by atoms with Crippen LogP contribution < -0.4 is 0 Å². The highest BCUT2D eigenvalue weighted by Crippen LogP contribution is 2.32. The van der Waals surface area contributed by atoms with Crippen molar-refractivity contribution in [2.45, 2.75) is 57.9 Å². The van der Waals surface area contributed by atoms with Gasteiger partial charge in [0.25, 0.3) is 0 Å². The first-order valence-electron chi connectivity index (χ1n) is 8.43. The van der Waals surface area contributed by atoms with E-state index in [-0.39, 0.29) is 30.3 Å². The van der Waals surface area contributed by atoms with Gasteiger partial charge < -0.3 is 14.2 Å². The van der Waals surface area contributed by atoms with Gasteiger partial charge in [0.2, 0.25) is 23.6 Å². The first-order valence-corrected chi connectivity index (χ1v) is 8.43. The van der Waals surface area contributed by atoms with Crippen LogP contribution >= 0.6 is 0 Å². The molecule has 2 atom stereocenters. The molecule has 7 nitrogen and oxygen atoms in total. The zero-order valence-electron chi connectivity index (χ0n) is 13.8. The van der Waals surface area contributed by atoms with Gasteiger partial charge in [0.15, 0.2) is 0 Å². The van der Waals surface area contributed by atoms with Crippen LogP contribution in [0.2, 0.25) is 0 Å². The maximum Gasteiger partial charge on any atom is 0.242 e. The summed E-state index contributed by atoms with van der Waals surface area (Å²) < 4.78 is 5.56. The lowest BCUT2D eigenvalue weighted by molar-refractivity contribution is -0.144. The molecule has 0 aromatic carbocycles. The van der Waals surface area contributed by atoms with Crippen LogP contribution in [0.25, 0.3) is 0 Å². The summed E-state index contributed by atoms with van der Waals surface area (Å²) in [5.41, 5.74) is 0. The summed E-state index contributed by atoms with van der Waals surface area (Å²) in [6.07, 6.45) is 4.33. The predicted octanol–water partition coefficient (Wildman–Crippen LogP) is 1.49. The maximum atomic E-state index is 12.7. The lowest BCUT2D eigenvalue weighted by atomic mass is 9.90. The minimum absolute atomic E-state index is 0.0102. The number of aromatic nitrogens is 2. The van der Waals surface area contributed by atoms with Crippen LogP contribution in [0.1, 0.15) is 56.7 Å². The molecule has 1 aromatic heterocycles. The van der Waals surface area contributed by atoms with Gasteiger partial charge in [-0.05, 0) is 32.6 Å². The van der Waals surface area contributed by atoms with Crippen molar-refractivity contribution in [1.82, 2.24) is 20.0 Å². The van der Waals surface area contributed by atoms with E-state index in [0.717, 1.165) is 32.2 Å². The van der Waals surface area contributed by atoms with Gasteiger partial charge in [-0.2, -0.15) is 0 Å². The maximum absolute atomic E-state index is 12.7. The molecule has 2 fully saturated rings. The Hall–Kier alpha value is -1.92. The smallest absolute Gasteiger partial charge is 0.242 e. The SMILES string of the molecule is Cc1nnc([C@H]2CCCN(C(=O)CN3CCCCC3=O)[C@H]2C)o1. The fourth-order valence-corrected chi connectivity index (χ4v) is 3.57. The third-order valence-corrected chi connectivity index (χ3v) is 4.91. The Morgan fingerprint density at radius 1 is 1.26 bits per heavy atom. The van der Waals surface area contributed by atoms with Gasteiger partial charge in [0.1, 0.15) is 0 Å². The number of piperidine rings is 2. The molecule has 3 heterocycles. The van der Waals surface area contributed by atoms with Gasteiger partial charge in [-0.3, -0.25) is 9.59 Å². The second-order valence-corrected chi connectivity index (χ2v) is 6.51. The average Bonchev–Trinajstić information content (AvgIpc) is 2.96. The second-order valence-electron chi connectivity index (χ2n) is 6.51. The number of carbonyl (C=O) groups is 2. The van der Waals surface area contributed by atoms with Crippen molar-refractivity contribution < 1.29 is 14.0 Å². The molecular formula is C16H24N4O3. The molecule has 0 unspecified atom stereocenters. The van der Waals surface area contributed by atoms with E-state index in [2.05, 4.69) is 10.2 Å². The molecule has 0 aliphatic carbocycles. The van der Waals surface area contributed by atoms with E-state index in [4.69, 9.17) is 4.42 Å². The third kappa shape index (κ3) is 3.38. The van der Waals surface area contributed by atoms with E-state index in [9.17, 15) is 9.59 Å². The fourth-order valence-electron chi connectivity index (χ4n) is 3.57. The molecule has 0 N–H and O–H groups in total. The molecule has 126 valence electrons. The second kappa shape index (κ2) is 6.68. The van der Waals surface area contributed by atoms with Crippen molar-refractivity contribution in [1.29, 1.82) is 0 Å². The molecule has 3 rings (SSSR count). The van der Waals surface area contributed by atoms with Crippen LogP contribution in [0.15, 0.2) is 4.42 Å². The van der Waals surface area contributed by atoms with Gasteiger partial charge in [0.05, 0.1) is 12.5 Å². The Bertz CT molecular complexity index is 586. The van der Waals surface area contributed by atoms with Crippen molar-refractivity contribution in [2.75, 3.05) is 19.6 Å². The van der Waals surface area contributed by atoms with Gasteiger partial charge in [-0.25, -0.2) is 0 Å². The molecular weight excluding hydrogens is 296 g/mol. The summed E-state index contributed by atoms with van der Waals surface area (Å²) in [5.74, 6) is 1.36. The summed E-state index contributed by atoms with van der Waals surface area (Å²) in [7, 11) is 0. The largest absolute Gasteiger partial charge is 0.425 e. The zero-order chi connectivity index (χ0) is 16.4. The summed E-state index contributed by atoms with van der Waals surface area (Å²) in [5, 5.41) is 8.02. The first kappa shape index (κ1) is 16.0. The molecule has 2 saturated heterocycles. The summed E-state index contributed by atoms with van der Waals surface area (Å²) >= 11 is 0. The molecule has 2 amide bonds. The lowest BCUT2D eigenvalue weighted by Crippen LogP contribution is -2.51. The van der Waals surface area contributed by atoms with Gasteiger partial charge in [-0.1, -0.05) is 0 Å². The minimum atomic E-state index is 0.0102. The third-order valence-electron chi connectivity index (χ3n) is 4.91. The van der Waals surface area contributed by atoms with Crippen LogP contribution in [-0.2, 0) is 9.59 Å². The van der Waals surface area contributed by atoms with Crippen LogP contribution in [0.5, 0.6) is 0 Å². The summed E-state index contributed by atoms with van der Waals surface area (Å²) in [4.78, 5) is 28.1. The Morgan fingerprint density at radius 3 is 2.78 bits per heavy atom. The number of nitrogens with zero attached hydrogens (tertiary/aromatic N) is 4. The molecule has 7 heteroatoms. The van der Waals surface area contributed by atoms with Crippen LogP contribution in [0.4, 0.5) is 0 Å². The zero-order valence-corrected chi connectivity index (χ0v) is 13.8. The Labute approximate surface area is 136 Å². The normalized spacial score (nSPS) is 25.7. The predicted molar refractivity (Wildman–Crippen MR) is 82.6 cm³/mol. The summed E-state index contributed by atoms with van der Waals surface area (Å²) in [6, 6.07) is 0.0102. The van der Waals surface area contributed by atoms with Crippen molar-refractivity contribution in [2.24, 2.45) is 0 Å². The summed E-state index contributed by atoms with van der Waals surface area (Å²) in [6.45, 7) is 5.41. The van der Waals surface area contributed by atoms with Crippen LogP contribution in [-0.4, -0.2) is 57.5 Å². The van der Waals surface area contributed by atoms with Crippen molar-refractivity contribution in [3.05, 3.63) is 11.8 Å². The first-order chi connectivity index (χ1) is 11.1. The van der Waals surface area contributed by atoms with E-state index >= 15 is 0 Å². The quantitative estimate of drug-likeness (QED) is 0.843. The molecule has 0 spiro atoms. The highest BCUT2D eigenvalue weighted by Gasteiger charge is 2.36. The molecule has 0 bridgehead atoms. The van der Waals surface area contributed by atoms with Crippen LogP contribution in [0, 0.1) is 6.92 Å². The minimum Gasteiger partial charge on any atom is -0.425 e. The topological polar surface area (TPSA) is 79.5 Å². The molecule has 23 heavy (non-hydrogen) atoms. The molecule has 2 aliphatic heterocycles. The van der Waals surface area contributed by atoms with Gasteiger partial charge in [-0.15, -0.1) is 10.2 Å². The lowest BCUT2D eigenvalue weighted by Gasteiger charge is -2.39. The Morgan fingerprint density at radius 2 is 2.09 bits per heavy atom. The van der Waals surface area contributed by atoms with Gasteiger partial charge >= 0.3 is 0 Å². The average molecular weight is 320 g/mol. The number of likely N-dealkylation sites (tertiary alicyclic amines) is 2. The molecule has 0 radical (unpaired) electrons. The van der Waals surface area contributed by atoms with E-state index in [1.165, 1.54) is 0 Å². The monoisotopic (exact) mass is 320 g/mol.